The van der Waals surface area contributed by atoms with Gasteiger partial charge >= 0.3 is 6.09 Å². The molecule has 3 rings (SSSR count). The molecule has 6 atom stereocenters. The van der Waals surface area contributed by atoms with E-state index in [2.05, 4.69) is 17.6 Å². The van der Waals surface area contributed by atoms with Gasteiger partial charge in [0.15, 0.2) is 0 Å². The second kappa shape index (κ2) is 6.60. The van der Waals surface area contributed by atoms with E-state index in [0.29, 0.717) is 17.9 Å². The molecule has 3 aliphatic rings. The van der Waals surface area contributed by atoms with Crippen LogP contribution >= 0.6 is 0 Å². The highest BCUT2D eigenvalue weighted by Crippen LogP contribution is 2.40. The summed E-state index contributed by atoms with van der Waals surface area (Å²) in [6.07, 6.45) is 5.97. The minimum atomic E-state index is -0.459. The summed E-state index contributed by atoms with van der Waals surface area (Å²) in [6, 6.07) is 0.899. The molecule has 0 spiro atoms. The molecule has 1 amide bonds. The van der Waals surface area contributed by atoms with Crippen LogP contribution in [0.25, 0.3) is 0 Å². The number of carbonyl (C=O) groups is 1. The summed E-state index contributed by atoms with van der Waals surface area (Å²) in [7, 11) is 0. The van der Waals surface area contributed by atoms with Gasteiger partial charge < -0.3 is 20.1 Å². The van der Waals surface area contributed by atoms with Gasteiger partial charge in [-0.3, -0.25) is 0 Å². The lowest BCUT2D eigenvalue weighted by Crippen LogP contribution is -2.74. The number of alkyl carbamates (subject to hydrolysis) is 1. The molecule has 6 unspecified atom stereocenters. The maximum absolute atomic E-state index is 12.2. The fourth-order valence-electron chi connectivity index (χ4n) is 4.38. The van der Waals surface area contributed by atoms with E-state index in [9.17, 15) is 4.79 Å². The molecule has 2 saturated carbocycles. The van der Waals surface area contributed by atoms with Gasteiger partial charge in [0.25, 0.3) is 0 Å². The Hall–Kier alpha value is -0.810. The van der Waals surface area contributed by atoms with E-state index in [-0.39, 0.29) is 24.3 Å². The normalized spacial score (nSPS) is 40.2. The Morgan fingerprint density at radius 1 is 1.13 bits per heavy atom. The smallest absolute Gasteiger partial charge is 0.407 e. The molecular formula is C18H32N2O3. The summed E-state index contributed by atoms with van der Waals surface area (Å²) in [4.78, 5) is 12.2. The molecule has 0 aromatic rings. The zero-order valence-corrected chi connectivity index (χ0v) is 14.9. The van der Waals surface area contributed by atoms with Crippen LogP contribution in [0.3, 0.4) is 0 Å². The number of hydrogen-bond donors (Lipinski definition) is 2. The van der Waals surface area contributed by atoms with Crippen molar-refractivity contribution in [1.29, 1.82) is 0 Å². The fourth-order valence-corrected chi connectivity index (χ4v) is 4.38. The van der Waals surface area contributed by atoms with Crippen LogP contribution in [0, 0.1) is 11.8 Å². The minimum Gasteiger partial charge on any atom is -0.444 e. The molecule has 5 nitrogen and oxygen atoms in total. The number of ether oxygens (including phenoxy) is 2. The molecule has 0 aromatic carbocycles. The lowest BCUT2D eigenvalue weighted by Gasteiger charge is -2.55. The van der Waals surface area contributed by atoms with Gasteiger partial charge in [-0.25, -0.2) is 4.79 Å². The van der Waals surface area contributed by atoms with E-state index in [0.717, 1.165) is 19.4 Å². The Kier molecular flexibility index (Phi) is 4.88. The molecule has 1 saturated heterocycles. The summed E-state index contributed by atoms with van der Waals surface area (Å²) in [5.41, 5.74) is -0.459. The van der Waals surface area contributed by atoms with Crippen molar-refractivity contribution in [3.63, 3.8) is 0 Å². The van der Waals surface area contributed by atoms with Crippen molar-refractivity contribution in [1.82, 2.24) is 10.6 Å². The zero-order chi connectivity index (χ0) is 16.6. The van der Waals surface area contributed by atoms with Crippen LogP contribution in [-0.2, 0) is 9.47 Å². The molecule has 2 N–H and O–H groups in total. The van der Waals surface area contributed by atoms with Crippen molar-refractivity contribution in [2.75, 3.05) is 6.61 Å². The van der Waals surface area contributed by atoms with E-state index in [4.69, 9.17) is 9.47 Å². The number of nitrogens with one attached hydrogen (secondary N) is 2. The topological polar surface area (TPSA) is 59.6 Å². The van der Waals surface area contributed by atoms with E-state index < -0.39 is 5.60 Å². The maximum Gasteiger partial charge on any atom is 0.407 e. The number of rotatable bonds is 3. The van der Waals surface area contributed by atoms with Gasteiger partial charge in [-0.15, -0.1) is 0 Å². The van der Waals surface area contributed by atoms with E-state index in [1.165, 1.54) is 19.3 Å². The first-order valence-corrected chi connectivity index (χ1v) is 9.22. The second-order valence-corrected chi connectivity index (χ2v) is 8.52. The third-order valence-electron chi connectivity index (χ3n) is 5.57. The molecule has 1 aliphatic heterocycles. The first kappa shape index (κ1) is 17.0. The van der Waals surface area contributed by atoms with Gasteiger partial charge in [0.1, 0.15) is 5.60 Å². The summed E-state index contributed by atoms with van der Waals surface area (Å²) < 4.78 is 11.4. The van der Waals surface area contributed by atoms with Crippen LogP contribution in [0.1, 0.15) is 59.8 Å². The van der Waals surface area contributed by atoms with E-state index in [1.54, 1.807) is 0 Å². The molecule has 3 fully saturated rings. The van der Waals surface area contributed by atoms with Crippen LogP contribution in [0.2, 0.25) is 0 Å². The van der Waals surface area contributed by atoms with Gasteiger partial charge in [-0.2, -0.15) is 0 Å². The van der Waals surface area contributed by atoms with Crippen molar-refractivity contribution < 1.29 is 14.3 Å². The van der Waals surface area contributed by atoms with Crippen molar-refractivity contribution >= 4 is 6.09 Å². The van der Waals surface area contributed by atoms with Crippen molar-refractivity contribution in [3.05, 3.63) is 0 Å². The molecule has 132 valence electrons. The van der Waals surface area contributed by atoms with Crippen LogP contribution in [0.4, 0.5) is 4.79 Å². The Morgan fingerprint density at radius 3 is 2.57 bits per heavy atom. The molecule has 5 heteroatoms. The summed E-state index contributed by atoms with van der Waals surface area (Å²) in [5.74, 6) is 1.13. The highest BCUT2D eigenvalue weighted by Gasteiger charge is 2.54. The van der Waals surface area contributed by atoms with Gasteiger partial charge in [0.2, 0.25) is 0 Å². The highest BCUT2D eigenvalue weighted by molar-refractivity contribution is 5.68. The Labute approximate surface area is 139 Å². The third-order valence-corrected chi connectivity index (χ3v) is 5.57. The second-order valence-electron chi connectivity index (χ2n) is 8.52. The molecule has 0 radical (unpaired) electrons. The van der Waals surface area contributed by atoms with Crippen LogP contribution in [0.15, 0.2) is 0 Å². The lowest BCUT2D eigenvalue weighted by atomic mass is 9.68. The van der Waals surface area contributed by atoms with Crippen LogP contribution < -0.4 is 10.6 Å². The Balaban J connectivity index is 1.62. The first-order chi connectivity index (χ1) is 10.8. The predicted molar refractivity (Wildman–Crippen MR) is 89.3 cm³/mol. The summed E-state index contributed by atoms with van der Waals surface area (Å²) >= 11 is 0. The quantitative estimate of drug-likeness (QED) is 0.838. The molecule has 0 bridgehead atoms. The Bertz CT molecular complexity index is 434. The minimum absolute atomic E-state index is 0.128. The van der Waals surface area contributed by atoms with Crippen molar-refractivity contribution in [2.45, 2.75) is 89.6 Å². The maximum atomic E-state index is 12.2. The van der Waals surface area contributed by atoms with Crippen molar-refractivity contribution in [2.24, 2.45) is 11.8 Å². The van der Waals surface area contributed by atoms with Gasteiger partial charge in [0, 0.05) is 18.6 Å². The van der Waals surface area contributed by atoms with Crippen LogP contribution in [0.5, 0.6) is 0 Å². The Morgan fingerprint density at radius 2 is 1.91 bits per heavy atom. The summed E-state index contributed by atoms with van der Waals surface area (Å²) in [6.45, 7) is 8.86. The van der Waals surface area contributed by atoms with Gasteiger partial charge in [-0.1, -0.05) is 13.3 Å². The highest BCUT2D eigenvalue weighted by atomic mass is 16.6. The van der Waals surface area contributed by atoms with Crippen molar-refractivity contribution in [3.8, 4) is 0 Å². The standard InChI is InChI=1S/C18H32N2O3/c1-11-7-5-9-13(11)19-15-14(12-8-6-10-22-16(12)15)20-17(21)23-18(2,3)4/h11-16,19H,5-10H2,1-4H3,(H,20,21). The molecule has 0 aromatic heterocycles. The number of amides is 1. The molecular weight excluding hydrogens is 292 g/mol. The zero-order valence-electron chi connectivity index (χ0n) is 14.9. The average Bonchev–Trinajstić information content (AvgIpc) is 2.86. The van der Waals surface area contributed by atoms with E-state index in [1.807, 2.05) is 20.8 Å². The van der Waals surface area contributed by atoms with Gasteiger partial charge in [-0.05, 0) is 52.4 Å². The summed E-state index contributed by atoms with van der Waals surface area (Å²) in [5, 5.41) is 6.89. The van der Waals surface area contributed by atoms with E-state index >= 15 is 0 Å². The molecule has 2 aliphatic carbocycles. The fraction of sp³-hybridized carbons (Fsp3) is 0.944. The first-order valence-electron chi connectivity index (χ1n) is 9.22. The number of fused-ring (bicyclic) bond motifs is 1. The largest absolute Gasteiger partial charge is 0.444 e. The predicted octanol–water partition coefficient (Wildman–Crippen LogP) is 2.84. The molecule has 23 heavy (non-hydrogen) atoms. The van der Waals surface area contributed by atoms with Crippen LogP contribution in [-0.4, -0.2) is 42.5 Å². The lowest BCUT2D eigenvalue weighted by molar-refractivity contribution is -0.131. The average molecular weight is 324 g/mol. The molecule has 1 heterocycles. The van der Waals surface area contributed by atoms with Gasteiger partial charge in [0.05, 0.1) is 18.2 Å². The SMILES string of the molecule is CC1CCCC1NC1C(NC(=O)OC(C)(C)C)C2CCCOC21. The number of hydrogen-bond acceptors (Lipinski definition) is 4. The number of carbonyl (C=O) groups excluding carboxylic acids is 1. The third kappa shape index (κ3) is 3.82. The monoisotopic (exact) mass is 324 g/mol.